The fourth-order valence-electron chi connectivity index (χ4n) is 1.26. The summed E-state index contributed by atoms with van der Waals surface area (Å²) in [5.74, 6) is 6.91. The second kappa shape index (κ2) is 4.57. The maximum Gasteiger partial charge on any atom is 0.303 e. The summed E-state index contributed by atoms with van der Waals surface area (Å²) in [6.07, 6.45) is 2.48. The van der Waals surface area contributed by atoms with Crippen molar-refractivity contribution in [1.29, 1.82) is 0 Å². The number of carboxylic acids is 1. The summed E-state index contributed by atoms with van der Waals surface area (Å²) < 4.78 is 0. The van der Waals surface area contributed by atoms with Gasteiger partial charge in [-0.05, 0) is 25.2 Å². The van der Waals surface area contributed by atoms with Gasteiger partial charge in [-0.3, -0.25) is 4.79 Å². The summed E-state index contributed by atoms with van der Waals surface area (Å²) >= 11 is 1.75. The van der Waals surface area contributed by atoms with Crippen LogP contribution in [0.15, 0.2) is 0 Å². The standard InChI is InChI=1S/C10H14O2S/c1-2-3-6-13-8-10(4-5-10)7-9(11)12/h4-8H2,1H3,(H,11,12). The van der Waals surface area contributed by atoms with E-state index in [-0.39, 0.29) is 5.41 Å². The van der Waals surface area contributed by atoms with E-state index in [0.29, 0.717) is 6.42 Å². The van der Waals surface area contributed by atoms with Crippen LogP contribution in [0.1, 0.15) is 26.2 Å². The van der Waals surface area contributed by atoms with Gasteiger partial charge in [0.05, 0.1) is 12.2 Å². The molecule has 1 fully saturated rings. The van der Waals surface area contributed by atoms with Gasteiger partial charge in [0.1, 0.15) is 0 Å². The van der Waals surface area contributed by atoms with Crippen molar-refractivity contribution in [3.63, 3.8) is 0 Å². The molecule has 1 N–H and O–H groups in total. The average Bonchev–Trinajstić information content (AvgIpc) is 2.78. The van der Waals surface area contributed by atoms with Crippen LogP contribution in [0.4, 0.5) is 0 Å². The van der Waals surface area contributed by atoms with Crippen LogP contribution in [0.3, 0.4) is 0 Å². The van der Waals surface area contributed by atoms with Crippen LogP contribution in [-0.4, -0.2) is 22.6 Å². The number of aliphatic carboxylic acids is 1. The van der Waals surface area contributed by atoms with Crippen LogP contribution in [0.2, 0.25) is 0 Å². The predicted molar refractivity (Wildman–Crippen MR) is 54.7 cm³/mol. The van der Waals surface area contributed by atoms with Crippen LogP contribution in [0.25, 0.3) is 0 Å². The number of hydrogen-bond acceptors (Lipinski definition) is 2. The number of carbonyl (C=O) groups is 1. The first kappa shape index (κ1) is 10.5. The maximum atomic E-state index is 10.5. The third kappa shape index (κ3) is 3.73. The van der Waals surface area contributed by atoms with Crippen molar-refractivity contribution in [2.24, 2.45) is 5.41 Å². The molecule has 2 nitrogen and oxygen atoms in total. The topological polar surface area (TPSA) is 37.3 Å². The Morgan fingerprint density at radius 2 is 2.31 bits per heavy atom. The lowest BCUT2D eigenvalue weighted by Crippen LogP contribution is -2.11. The molecule has 1 rings (SSSR count). The van der Waals surface area contributed by atoms with E-state index in [1.807, 2.05) is 6.92 Å². The van der Waals surface area contributed by atoms with E-state index in [1.54, 1.807) is 11.8 Å². The lowest BCUT2D eigenvalue weighted by Gasteiger charge is -2.09. The van der Waals surface area contributed by atoms with Crippen molar-refractivity contribution in [3.05, 3.63) is 0 Å². The maximum absolute atomic E-state index is 10.5. The van der Waals surface area contributed by atoms with E-state index in [9.17, 15) is 4.79 Å². The molecule has 0 atom stereocenters. The Morgan fingerprint density at radius 3 is 2.77 bits per heavy atom. The van der Waals surface area contributed by atoms with Gasteiger partial charge in [0.2, 0.25) is 0 Å². The van der Waals surface area contributed by atoms with Gasteiger partial charge in [0.25, 0.3) is 0 Å². The summed E-state index contributed by atoms with van der Waals surface area (Å²) in [7, 11) is 0. The van der Waals surface area contributed by atoms with Crippen molar-refractivity contribution in [3.8, 4) is 11.8 Å². The molecule has 0 spiro atoms. The molecule has 0 saturated heterocycles. The van der Waals surface area contributed by atoms with E-state index in [0.717, 1.165) is 24.3 Å². The number of carboxylic acid groups (broad SMARTS) is 1. The summed E-state index contributed by atoms with van der Waals surface area (Å²) in [5.41, 5.74) is 0.117. The zero-order valence-electron chi connectivity index (χ0n) is 7.80. The zero-order valence-corrected chi connectivity index (χ0v) is 8.62. The molecule has 72 valence electrons. The number of thioether (sulfide) groups is 1. The van der Waals surface area contributed by atoms with E-state index < -0.39 is 5.97 Å². The highest BCUT2D eigenvalue weighted by Crippen LogP contribution is 2.50. The number of rotatable bonds is 5. The molecular formula is C10H14O2S. The summed E-state index contributed by atoms with van der Waals surface area (Å²) in [5, 5.41) is 8.65. The molecule has 0 amide bonds. The van der Waals surface area contributed by atoms with Gasteiger partial charge in [-0.15, -0.1) is 17.7 Å². The van der Waals surface area contributed by atoms with Crippen molar-refractivity contribution in [2.75, 3.05) is 11.5 Å². The largest absolute Gasteiger partial charge is 0.481 e. The van der Waals surface area contributed by atoms with Crippen molar-refractivity contribution < 1.29 is 9.90 Å². The molecule has 0 aliphatic heterocycles. The monoisotopic (exact) mass is 198 g/mol. The van der Waals surface area contributed by atoms with Crippen LogP contribution in [0.5, 0.6) is 0 Å². The fraction of sp³-hybridized carbons (Fsp3) is 0.700. The van der Waals surface area contributed by atoms with Crippen molar-refractivity contribution in [2.45, 2.75) is 26.2 Å². The van der Waals surface area contributed by atoms with Gasteiger partial charge in [0, 0.05) is 5.75 Å². The second-order valence-corrected chi connectivity index (χ2v) is 4.48. The predicted octanol–water partition coefficient (Wildman–Crippen LogP) is 2.00. The molecule has 0 aromatic rings. The van der Waals surface area contributed by atoms with Gasteiger partial charge in [-0.25, -0.2) is 0 Å². The first-order valence-corrected chi connectivity index (χ1v) is 5.53. The van der Waals surface area contributed by atoms with Gasteiger partial charge in [0.15, 0.2) is 0 Å². The molecule has 1 aliphatic carbocycles. The molecule has 1 saturated carbocycles. The Kier molecular flexibility index (Phi) is 3.68. The van der Waals surface area contributed by atoms with Crippen LogP contribution in [0, 0.1) is 17.3 Å². The third-order valence-electron chi connectivity index (χ3n) is 2.24. The Balaban J connectivity index is 2.18. The SMILES string of the molecule is CC#CCSCC1(CC(=O)O)CC1. The summed E-state index contributed by atoms with van der Waals surface area (Å²) in [6.45, 7) is 1.82. The Morgan fingerprint density at radius 1 is 1.62 bits per heavy atom. The summed E-state index contributed by atoms with van der Waals surface area (Å²) in [6, 6.07) is 0. The normalized spacial score (nSPS) is 17.3. The van der Waals surface area contributed by atoms with Crippen molar-refractivity contribution in [1.82, 2.24) is 0 Å². The molecule has 3 heteroatoms. The van der Waals surface area contributed by atoms with Gasteiger partial charge in [-0.2, -0.15) is 0 Å². The first-order chi connectivity index (χ1) is 6.18. The second-order valence-electron chi connectivity index (χ2n) is 3.49. The minimum atomic E-state index is -0.667. The van der Waals surface area contributed by atoms with Gasteiger partial charge in [-0.1, -0.05) is 5.92 Å². The number of hydrogen-bond donors (Lipinski definition) is 1. The van der Waals surface area contributed by atoms with E-state index in [2.05, 4.69) is 11.8 Å². The van der Waals surface area contributed by atoms with E-state index in [1.165, 1.54) is 0 Å². The highest BCUT2D eigenvalue weighted by atomic mass is 32.2. The third-order valence-corrected chi connectivity index (χ3v) is 3.41. The highest BCUT2D eigenvalue weighted by Gasteiger charge is 2.43. The molecule has 0 radical (unpaired) electrons. The Labute approximate surface area is 83.1 Å². The molecule has 0 aromatic heterocycles. The quantitative estimate of drug-likeness (QED) is 0.542. The van der Waals surface area contributed by atoms with Gasteiger partial charge >= 0.3 is 5.97 Å². The smallest absolute Gasteiger partial charge is 0.303 e. The summed E-state index contributed by atoms with van der Waals surface area (Å²) in [4.78, 5) is 10.5. The molecular weight excluding hydrogens is 184 g/mol. The molecule has 0 bridgehead atoms. The Hall–Kier alpha value is -0.620. The van der Waals surface area contributed by atoms with Gasteiger partial charge < -0.3 is 5.11 Å². The molecule has 1 aliphatic rings. The average molecular weight is 198 g/mol. The Bertz CT molecular complexity index is 245. The lowest BCUT2D eigenvalue weighted by molar-refractivity contribution is -0.138. The minimum Gasteiger partial charge on any atom is -0.481 e. The van der Waals surface area contributed by atoms with E-state index >= 15 is 0 Å². The molecule has 0 heterocycles. The molecule has 13 heavy (non-hydrogen) atoms. The van der Waals surface area contributed by atoms with E-state index in [4.69, 9.17) is 5.11 Å². The van der Waals surface area contributed by atoms with Crippen LogP contribution >= 0.6 is 11.8 Å². The minimum absolute atomic E-state index is 0.117. The van der Waals surface area contributed by atoms with Crippen LogP contribution in [-0.2, 0) is 4.79 Å². The highest BCUT2D eigenvalue weighted by molar-refractivity contribution is 7.99. The fourth-order valence-corrected chi connectivity index (χ4v) is 2.43. The molecule has 0 aromatic carbocycles. The molecule has 0 unspecified atom stereocenters. The zero-order chi connectivity index (χ0) is 9.73. The first-order valence-electron chi connectivity index (χ1n) is 4.38. The van der Waals surface area contributed by atoms with Crippen molar-refractivity contribution >= 4 is 17.7 Å². The lowest BCUT2D eigenvalue weighted by atomic mass is 10.1. The van der Waals surface area contributed by atoms with Crippen LogP contribution < -0.4 is 0 Å².